The molecule has 3 rings (SSSR count). The minimum absolute atomic E-state index is 0.200. The zero-order chi connectivity index (χ0) is 16.1. The van der Waals surface area contributed by atoms with Crippen LogP contribution in [0.2, 0.25) is 0 Å². The second-order valence-electron chi connectivity index (χ2n) is 4.89. The molecular formula is C18H16N2O3. The second-order valence-corrected chi connectivity index (χ2v) is 4.89. The van der Waals surface area contributed by atoms with Crippen LogP contribution in [0.3, 0.4) is 0 Å². The van der Waals surface area contributed by atoms with Crippen LogP contribution in [0.1, 0.15) is 16.1 Å². The quantitative estimate of drug-likeness (QED) is 0.785. The molecule has 0 atom stereocenters. The summed E-state index contributed by atoms with van der Waals surface area (Å²) in [5.41, 5.74) is 2.26. The lowest BCUT2D eigenvalue weighted by molar-refractivity contribution is 0.0924. The van der Waals surface area contributed by atoms with Crippen molar-refractivity contribution in [3.8, 4) is 17.0 Å². The number of amides is 1. The third kappa shape index (κ3) is 3.23. The molecule has 5 nitrogen and oxygen atoms in total. The second kappa shape index (κ2) is 6.79. The van der Waals surface area contributed by atoms with E-state index in [0.29, 0.717) is 12.2 Å². The van der Waals surface area contributed by atoms with E-state index in [0.717, 1.165) is 16.9 Å². The maximum Gasteiger partial charge on any atom is 0.289 e. The average Bonchev–Trinajstić information content (AvgIpc) is 3.10. The summed E-state index contributed by atoms with van der Waals surface area (Å²) in [6.07, 6.45) is 1.28. The van der Waals surface area contributed by atoms with Gasteiger partial charge in [0, 0.05) is 17.7 Å². The Hall–Kier alpha value is -3.08. The highest BCUT2D eigenvalue weighted by Crippen LogP contribution is 2.22. The van der Waals surface area contributed by atoms with Gasteiger partial charge in [0.25, 0.3) is 5.91 Å². The third-order valence-electron chi connectivity index (χ3n) is 3.45. The molecule has 1 aromatic heterocycles. The number of benzene rings is 2. The van der Waals surface area contributed by atoms with Crippen LogP contribution in [-0.4, -0.2) is 18.0 Å². The molecule has 0 radical (unpaired) electrons. The summed E-state index contributed by atoms with van der Waals surface area (Å²) in [5.74, 6) is 0.618. The van der Waals surface area contributed by atoms with Crippen molar-refractivity contribution >= 4 is 5.91 Å². The Morgan fingerprint density at radius 1 is 1.13 bits per heavy atom. The van der Waals surface area contributed by atoms with Crippen LogP contribution in [0, 0.1) is 0 Å². The Kier molecular flexibility index (Phi) is 4.38. The Bertz CT molecular complexity index is 797. The molecule has 1 amide bonds. The number of carbonyl (C=O) groups is 1. The lowest BCUT2D eigenvalue weighted by Gasteiger charge is -2.09. The van der Waals surface area contributed by atoms with Gasteiger partial charge in [-0.3, -0.25) is 4.79 Å². The summed E-state index contributed by atoms with van der Waals surface area (Å²) in [6.45, 7) is 0.345. The van der Waals surface area contributed by atoms with Gasteiger partial charge >= 0.3 is 0 Å². The van der Waals surface area contributed by atoms with Crippen molar-refractivity contribution in [2.75, 3.05) is 7.11 Å². The number of ether oxygens (including phenoxy) is 1. The average molecular weight is 308 g/mol. The maximum absolute atomic E-state index is 12.4. The summed E-state index contributed by atoms with van der Waals surface area (Å²) in [4.78, 5) is 16.5. The van der Waals surface area contributed by atoms with Crippen LogP contribution in [0.15, 0.2) is 65.4 Å². The lowest BCUT2D eigenvalue weighted by Crippen LogP contribution is -2.23. The van der Waals surface area contributed by atoms with Crippen LogP contribution >= 0.6 is 0 Å². The fourth-order valence-electron chi connectivity index (χ4n) is 2.31. The molecule has 0 aliphatic rings. The monoisotopic (exact) mass is 308 g/mol. The molecule has 0 spiro atoms. The highest BCUT2D eigenvalue weighted by Gasteiger charge is 2.18. The van der Waals surface area contributed by atoms with Crippen molar-refractivity contribution in [2.24, 2.45) is 0 Å². The summed E-state index contributed by atoms with van der Waals surface area (Å²) in [7, 11) is 1.60. The first-order chi connectivity index (χ1) is 11.3. The molecule has 1 N–H and O–H groups in total. The summed E-state index contributed by atoms with van der Waals surface area (Å²) in [5, 5.41) is 2.83. The van der Waals surface area contributed by atoms with Gasteiger partial charge in [-0.25, -0.2) is 4.98 Å². The van der Waals surface area contributed by atoms with Gasteiger partial charge in [-0.05, 0) is 6.07 Å². The van der Waals surface area contributed by atoms with Gasteiger partial charge in [0.05, 0.1) is 7.11 Å². The molecule has 3 aromatic rings. The molecule has 5 heteroatoms. The Morgan fingerprint density at radius 2 is 1.87 bits per heavy atom. The van der Waals surface area contributed by atoms with E-state index in [1.54, 1.807) is 7.11 Å². The van der Waals surface area contributed by atoms with E-state index in [1.807, 2.05) is 54.6 Å². The van der Waals surface area contributed by atoms with E-state index in [4.69, 9.17) is 9.15 Å². The largest absolute Gasteiger partial charge is 0.496 e. The van der Waals surface area contributed by atoms with Gasteiger partial charge in [-0.2, -0.15) is 0 Å². The number of oxazole rings is 1. The van der Waals surface area contributed by atoms with Gasteiger partial charge in [0.2, 0.25) is 5.76 Å². The zero-order valence-corrected chi connectivity index (χ0v) is 12.7. The van der Waals surface area contributed by atoms with Gasteiger partial charge in [0.1, 0.15) is 11.4 Å². The van der Waals surface area contributed by atoms with Crippen LogP contribution in [0.4, 0.5) is 0 Å². The number of hydrogen-bond donors (Lipinski definition) is 1. The molecule has 0 saturated carbocycles. The van der Waals surface area contributed by atoms with Crippen LogP contribution in [-0.2, 0) is 6.54 Å². The van der Waals surface area contributed by atoms with Crippen molar-refractivity contribution in [1.82, 2.24) is 10.3 Å². The summed E-state index contributed by atoms with van der Waals surface area (Å²) < 4.78 is 10.5. The van der Waals surface area contributed by atoms with E-state index < -0.39 is 0 Å². The molecule has 0 fully saturated rings. The number of rotatable bonds is 5. The minimum atomic E-state index is -0.313. The highest BCUT2D eigenvalue weighted by atomic mass is 16.5. The zero-order valence-electron chi connectivity index (χ0n) is 12.7. The van der Waals surface area contributed by atoms with Crippen molar-refractivity contribution in [2.45, 2.75) is 6.54 Å². The van der Waals surface area contributed by atoms with Crippen molar-refractivity contribution < 1.29 is 13.9 Å². The third-order valence-corrected chi connectivity index (χ3v) is 3.45. The highest BCUT2D eigenvalue weighted by molar-refractivity contribution is 5.97. The summed E-state index contributed by atoms with van der Waals surface area (Å²) >= 11 is 0. The van der Waals surface area contributed by atoms with Crippen LogP contribution in [0.25, 0.3) is 11.3 Å². The first kappa shape index (κ1) is 14.8. The standard InChI is InChI=1S/C18H16N2O3/c1-22-15-10-6-5-9-14(15)11-19-18(21)17-16(20-12-23-17)13-7-3-2-4-8-13/h2-10,12H,11H2,1H3,(H,19,21). The Morgan fingerprint density at radius 3 is 2.65 bits per heavy atom. The molecule has 0 aliphatic carbocycles. The van der Waals surface area contributed by atoms with Crippen LogP contribution in [0.5, 0.6) is 5.75 Å². The van der Waals surface area contributed by atoms with Gasteiger partial charge in [-0.15, -0.1) is 0 Å². The van der Waals surface area contributed by atoms with E-state index in [1.165, 1.54) is 6.39 Å². The predicted octanol–water partition coefficient (Wildman–Crippen LogP) is 3.28. The molecule has 0 aliphatic heterocycles. The van der Waals surface area contributed by atoms with Crippen molar-refractivity contribution in [1.29, 1.82) is 0 Å². The van der Waals surface area contributed by atoms with Gasteiger partial charge in [0.15, 0.2) is 6.39 Å². The smallest absolute Gasteiger partial charge is 0.289 e. The molecule has 23 heavy (non-hydrogen) atoms. The molecular weight excluding hydrogens is 292 g/mol. The number of para-hydroxylation sites is 1. The molecule has 0 saturated heterocycles. The molecule has 1 heterocycles. The van der Waals surface area contributed by atoms with Crippen molar-refractivity contribution in [3.05, 3.63) is 72.3 Å². The van der Waals surface area contributed by atoms with E-state index in [2.05, 4.69) is 10.3 Å². The number of nitrogens with one attached hydrogen (secondary N) is 1. The Labute approximate surface area is 133 Å². The molecule has 0 unspecified atom stereocenters. The number of carbonyl (C=O) groups excluding carboxylic acids is 1. The predicted molar refractivity (Wildman–Crippen MR) is 86.1 cm³/mol. The summed E-state index contributed by atoms with van der Waals surface area (Å²) in [6, 6.07) is 17.0. The fourth-order valence-corrected chi connectivity index (χ4v) is 2.31. The molecule has 2 aromatic carbocycles. The minimum Gasteiger partial charge on any atom is -0.496 e. The van der Waals surface area contributed by atoms with E-state index in [-0.39, 0.29) is 11.7 Å². The van der Waals surface area contributed by atoms with E-state index in [9.17, 15) is 4.79 Å². The Balaban J connectivity index is 1.76. The lowest BCUT2D eigenvalue weighted by atomic mass is 10.1. The molecule has 116 valence electrons. The fraction of sp³-hybridized carbons (Fsp3) is 0.111. The normalized spacial score (nSPS) is 10.3. The topological polar surface area (TPSA) is 64.4 Å². The first-order valence-electron chi connectivity index (χ1n) is 7.18. The first-order valence-corrected chi connectivity index (χ1v) is 7.18. The number of hydrogen-bond acceptors (Lipinski definition) is 4. The molecule has 0 bridgehead atoms. The van der Waals surface area contributed by atoms with Crippen LogP contribution < -0.4 is 10.1 Å². The number of methoxy groups -OCH3 is 1. The van der Waals surface area contributed by atoms with E-state index >= 15 is 0 Å². The van der Waals surface area contributed by atoms with Crippen molar-refractivity contribution in [3.63, 3.8) is 0 Å². The van der Waals surface area contributed by atoms with Gasteiger partial charge < -0.3 is 14.5 Å². The number of aromatic nitrogens is 1. The SMILES string of the molecule is COc1ccccc1CNC(=O)c1ocnc1-c1ccccc1. The maximum atomic E-state index is 12.4. The number of nitrogens with zero attached hydrogens (tertiary/aromatic N) is 1. The van der Waals surface area contributed by atoms with Gasteiger partial charge in [-0.1, -0.05) is 48.5 Å².